The summed E-state index contributed by atoms with van der Waals surface area (Å²) in [6.07, 6.45) is -0.264. The van der Waals surface area contributed by atoms with Crippen molar-refractivity contribution in [3.05, 3.63) is 60.2 Å². The van der Waals surface area contributed by atoms with Crippen LogP contribution in [0.2, 0.25) is 0 Å². The molecule has 0 spiro atoms. The van der Waals surface area contributed by atoms with Crippen LogP contribution in [-0.4, -0.2) is 23.1 Å². The Hall–Kier alpha value is -2.95. The van der Waals surface area contributed by atoms with Gasteiger partial charge < -0.3 is 9.47 Å². The van der Waals surface area contributed by atoms with Crippen LogP contribution >= 0.6 is 0 Å². The fraction of sp³-hybridized carbons (Fsp3) is 0.318. The number of benzene rings is 2. The van der Waals surface area contributed by atoms with Gasteiger partial charge >= 0.3 is 5.97 Å². The van der Waals surface area contributed by atoms with Crippen molar-refractivity contribution in [2.75, 3.05) is 0 Å². The van der Waals surface area contributed by atoms with E-state index in [2.05, 4.69) is 0 Å². The van der Waals surface area contributed by atoms with Crippen LogP contribution in [-0.2, 0) is 14.3 Å². The molecule has 0 aromatic heterocycles. The third-order valence-corrected chi connectivity index (χ3v) is 3.73. The number of carbonyl (C=O) groups excluding carboxylic acids is 3. The molecule has 0 aliphatic heterocycles. The van der Waals surface area contributed by atoms with Crippen molar-refractivity contribution in [2.24, 2.45) is 5.92 Å². The van der Waals surface area contributed by atoms with Crippen molar-refractivity contribution in [3.63, 3.8) is 0 Å². The van der Waals surface area contributed by atoms with Gasteiger partial charge in [0.2, 0.25) is 0 Å². The molecule has 0 heterocycles. The number of hydrogen-bond acceptors (Lipinski definition) is 5. The molecular formula is C22H24O5. The Kier molecular flexibility index (Phi) is 6.50. The lowest BCUT2D eigenvalue weighted by Crippen LogP contribution is -2.33. The van der Waals surface area contributed by atoms with Gasteiger partial charge in [0.05, 0.1) is 5.56 Å². The minimum Gasteiger partial charge on any atom is -0.459 e. The number of para-hydroxylation sites is 2. The van der Waals surface area contributed by atoms with E-state index < -0.39 is 23.3 Å². The fourth-order valence-electron chi connectivity index (χ4n) is 2.46. The first-order valence-electron chi connectivity index (χ1n) is 8.76. The maximum Gasteiger partial charge on any atom is 0.317 e. The molecule has 1 atom stereocenters. The molecule has 0 radical (unpaired) electrons. The maximum atomic E-state index is 12.8. The van der Waals surface area contributed by atoms with Gasteiger partial charge in [0.15, 0.2) is 5.78 Å². The predicted octanol–water partition coefficient (Wildman–Crippen LogP) is 4.60. The van der Waals surface area contributed by atoms with E-state index in [1.807, 2.05) is 18.2 Å². The summed E-state index contributed by atoms with van der Waals surface area (Å²) in [4.78, 5) is 37.0. The molecule has 142 valence electrons. The van der Waals surface area contributed by atoms with Crippen molar-refractivity contribution < 1.29 is 23.9 Å². The first kappa shape index (κ1) is 20.4. The van der Waals surface area contributed by atoms with Crippen LogP contribution in [0.5, 0.6) is 11.5 Å². The van der Waals surface area contributed by atoms with Crippen LogP contribution < -0.4 is 4.74 Å². The molecule has 2 aromatic rings. The average molecular weight is 368 g/mol. The summed E-state index contributed by atoms with van der Waals surface area (Å²) in [5.74, 6) is -1.62. The number of ether oxygens (including phenoxy) is 2. The highest BCUT2D eigenvalue weighted by Gasteiger charge is 2.31. The molecule has 2 rings (SSSR count). The zero-order valence-corrected chi connectivity index (χ0v) is 16.0. The summed E-state index contributed by atoms with van der Waals surface area (Å²) in [5.41, 5.74) is -0.418. The van der Waals surface area contributed by atoms with E-state index in [1.165, 1.54) is 6.92 Å². The fourth-order valence-corrected chi connectivity index (χ4v) is 2.46. The zero-order chi connectivity index (χ0) is 20.0. The van der Waals surface area contributed by atoms with Crippen molar-refractivity contribution in [3.8, 4) is 11.5 Å². The molecule has 27 heavy (non-hydrogen) atoms. The lowest BCUT2D eigenvalue weighted by molar-refractivity contribution is -0.161. The molecule has 0 aliphatic carbocycles. The van der Waals surface area contributed by atoms with E-state index in [4.69, 9.17) is 9.47 Å². The number of esters is 1. The molecule has 0 fully saturated rings. The van der Waals surface area contributed by atoms with Gasteiger partial charge in [-0.2, -0.15) is 0 Å². The number of Topliss-reactive ketones (excluding diaryl/α,β-unsaturated/α-hetero) is 2. The van der Waals surface area contributed by atoms with Gasteiger partial charge in [-0.1, -0.05) is 30.3 Å². The van der Waals surface area contributed by atoms with Gasteiger partial charge in [0.1, 0.15) is 28.8 Å². The first-order valence-corrected chi connectivity index (χ1v) is 8.76. The lowest BCUT2D eigenvalue weighted by atomic mass is 9.94. The average Bonchev–Trinajstić information content (AvgIpc) is 2.59. The number of hydrogen-bond donors (Lipinski definition) is 0. The Balaban J connectivity index is 2.21. The summed E-state index contributed by atoms with van der Waals surface area (Å²) in [6, 6.07) is 15.8. The van der Waals surface area contributed by atoms with E-state index in [9.17, 15) is 14.4 Å². The normalized spacial score (nSPS) is 12.1. The monoisotopic (exact) mass is 368 g/mol. The summed E-state index contributed by atoms with van der Waals surface area (Å²) in [6.45, 7) is 6.43. The molecule has 0 saturated heterocycles. The van der Waals surface area contributed by atoms with Crippen LogP contribution in [0.4, 0.5) is 0 Å². The van der Waals surface area contributed by atoms with E-state index in [0.717, 1.165) is 0 Å². The zero-order valence-electron chi connectivity index (χ0n) is 16.0. The molecule has 2 aromatic carbocycles. The Labute approximate surface area is 159 Å². The van der Waals surface area contributed by atoms with Crippen LogP contribution in [0.1, 0.15) is 44.5 Å². The topological polar surface area (TPSA) is 69.7 Å². The second-order valence-corrected chi connectivity index (χ2v) is 7.24. The van der Waals surface area contributed by atoms with Crippen LogP contribution in [0.15, 0.2) is 54.6 Å². The van der Waals surface area contributed by atoms with Crippen molar-refractivity contribution in [2.45, 2.75) is 39.7 Å². The number of rotatable bonds is 7. The molecule has 5 heteroatoms. The molecule has 0 amide bonds. The van der Waals surface area contributed by atoms with Gasteiger partial charge in [-0.3, -0.25) is 14.4 Å². The van der Waals surface area contributed by atoms with Crippen LogP contribution in [0, 0.1) is 5.92 Å². The Bertz CT molecular complexity index is 818. The quantitative estimate of drug-likeness (QED) is 0.406. The third kappa shape index (κ3) is 6.06. The summed E-state index contributed by atoms with van der Waals surface area (Å²) < 4.78 is 11.1. The molecule has 5 nitrogen and oxygen atoms in total. The van der Waals surface area contributed by atoms with Crippen LogP contribution in [0.3, 0.4) is 0 Å². The second kappa shape index (κ2) is 8.62. The van der Waals surface area contributed by atoms with Gasteiger partial charge in [0.25, 0.3) is 0 Å². The Morgan fingerprint density at radius 1 is 0.926 bits per heavy atom. The van der Waals surface area contributed by atoms with Gasteiger partial charge in [0, 0.05) is 6.42 Å². The predicted molar refractivity (Wildman–Crippen MR) is 102 cm³/mol. The van der Waals surface area contributed by atoms with Gasteiger partial charge in [-0.15, -0.1) is 0 Å². The third-order valence-electron chi connectivity index (χ3n) is 3.73. The number of ketones is 2. The highest BCUT2D eigenvalue weighted by Crippen LogP contribution is 2.27. The largest absolute Gasteiger partial charge is 0.459 e. The van der Waals surface area contributed by atoms with E-state index in [-0.39, 0.29) is 12.2 Å². The maximum absolute atomic E-state index is 12.8. The molecule has 0 saturated carbocycles. The summed E-state index contributed by atoms with van der Waals surface area (Å²) >= 11 is 0. The van der Waals surface area contributed by atoms with E-state index >= 15 is 0 Å². The highest BCUT2D eigenvalue weighted by molar-refractivity contribution is 6.06. The summed E-state index contributed by atoms with van der Waals surface area (Å²) in [7, 11) is 0. The minimum absolute atomic E-state index is 0.264. The molecule has 0 bridgehead atoms. The molecular weight excluding hydrogens is 344 g/mol. The van der Waals surface area contributed by atoms with Crippen molar-refractivity contribution in [1.82, 2.24) is 0 Å². The molecule has 0 N–H and O–H groups in total. The highest BCUT2D eigenvalue weighted by atomic mass is 16.6. The standard InChI is InChI=1S/C22H24O5/c1-15(23)18(21(25)27-22(2,3)4)14-19(24)17-12-8-9-13-20(17)26-16-10-6-5-7-11-16/h5-13,18H,14H2,1-4H3. The second-order valence-electron chi connectivity index (χ2n) is 7.24. The van der Waals surface area contributed by atoms with Crippen molar-refractivity contribution >= 4 is 17.5 Å². The van der Waals surface area contributed by atoms with Crippen LogP contribution in [0.25, 0.3) is 0 Å². The summed E-state index contributed by atoms with van der Waals surface area (Å²) in [5, 5.41) is 0. The van der Waals surface area contributed by atoms with E-state index in [1.54, 1.807) is 57.2 Å². The number of carbonyl (C=O) groups is 3. The van der Waals surface area contributed by atoms with Crippen molar-refractivity contribution in [1.29, 1.82) is 0 Å². The minimum atomic E-state index is -1.14. The smallest absolute Gasteiger partial charge is 0.317 e. The van der Waals surface area contributed by atoms with E-state index in [0.29, 0.717) is 17.1 Å². The van der Waals surface area contributed by atoms with Gasteiger partial charge in [-0.05, 0) is 52.0 Å². The Morgan fingerprint density at radius 3 is 2.11 bits per heavy atom. The molecule has 1 unspecified atom stereocenters. The molecule has 0 aliphatic rings. The first-order chi connectivity index (χ1) is 12.7. The SMILES string of the molecule is CC(=O)C(CC(=O)c1ccccc1Oc1ccccc1)C(=O)OC(C)(C)C. The lowest BCUT2D eigenvalue weighted by Gasteiger charge is -2.22. The Morgan fingerprint density at radius 2 is 1.52 bits per heavy atom. The van der Waals surface area contributed by atoms with Gasteiger partial charge in [-0.25, -0.2) is 0 Å².